The molecule has 0 unspecified atom stereocenters. The molecule has 0 amide bonds. The summed E-state index contributed by atoms with van der Waals surface area (Å²) in [6.07, 6.45) is -0.0132. The molecule has 0 aliphatic heterocycles. The molecule has 2 rings (SSSR count). The first-order valence-corrected chi connectivity index (χ1v) is 7.07. The van der Waals surface area contributed by atoms with E-state index in [1.807, 2.05) is 0 Å². The topological polar surface area (TPSA) is 26.3 Å². The average Bonchev–Trinajstić information content (AvgIpc) is 2.47. The van der Waals surface area contributed by atoms with E-state index in [2.05, 4.69) is 0 Å². The molecule has 2 nitrogen and oxygen atoms in total. The van der Waals surface area contributed by atoms with Crippen molar-refractivity contribution >= 4 is 5.78 Å². The van der Waals surface area contributed by atoms with Gasteiger partial charge in [-0.1, -0.05) is 42.5 Å². The van der Waals surface area contributed by atoms with Gasteiger partial charge in [-0.15, -0.1) is 0 Å². The van der Waals surface area contributed by atoms with E-state index in [1.165, 1.54) is 6.92 Å². The molecule has 2 aromatic rings. The van der Waals surface area contributed by atoms with Gasteiger partial charge in [-0.25, -0.2) is 8.78 Å². The van der Waals surface area contributed by atoms with Crippen LogP contribution in [0.15, 0.2) is 54.6 Å². The molecule has 0 aromatic heterocycles. The lowest BCUT2D eigenvalue weighted by Gasteiger charge is -2.17. The summed E-state index contributed by atoms with van der Waals surface area (Å²) in [4.78, 5) is 11.0. The Morgan fingerprint density at radius 3 is 2.23 bits per heavy atom. The fourth-order valence-electron chi connectivity index (χ4n) is 2.13. The molecular weight excluding hydrogens is 286 g/mol. The number of hydrogen-bond acceptors (Lipinski definition) is 2. The maximum absolute atomic E-state index is 13.9. The van der Waals surface area contributed by atoms with Crippen molar-refractivity contribution in [2.75, 3.05) is 6.61 Å². The van der Waals surface area contributed by atoms with Crippen molar-refractivity contribution in [1.82, 2.24) is 0 Å². The number of halogens is 2. The molecule has 0 saturated carbocycles. The molecular formula is C18H18F2O2. The highest BCUT2D eigenvalue weighted by Gasteiger charge is 2.30. The molecule has 116 valence electrons. The van der Waals surface area contributed by atoms with Gasteiger partial charge in [0.25, 0.3) is 5.92 Å². The summed E-state index contributed by atoms with van der Waals surface area (Å²) < 4.78 is 32.9. The number of benzene rings is 2. The Hall–Kier alpha value is -2.23. The predicted molar refractivity (Wildman–Crippen MR) is 81.4 cm³/mol. The van der Waals surface area contributed by atoms with Gasteiger partial charge in [0.1, 0.15) is 11.5 Å². The van der Waals surface area contributed by atoms with Crippen molar-refractivity contribution in [2.24, 2.45) is 0 Å². The number of rotatable bonds is 7. The quantitative estimate of drug-likeness (QED) is 0.770. The van der Waals surface area contributed by atoms with Crippen LogP contribution in [0.3, 0.4) is 0 Å². The number of carbonyl (C=O) groups is 1. The Balaban J connectivity index is 1.89. The lowest BCUT2D eigenvalue weighted by molar-refractivity contribution is -0.116. The average molecular weight is 304 g/mol. The van der Waals surface area contributed by atoms with E-state index in [4.69, 9.17) is 4.74 Å². The molecule has 0 radical (unpaired) electrons. The molecule has 0 atom stereocenters. The SMILES string of the molecule is CC(=O)Cc1ccc(OCC(F)(F)Cc2ccccc2)cc1. The Labute approximate surface area is 128 Å². The van der Waals surface area contributed by atoms with E-state index in [0.717, 1.165) is 5.56 Å². The van der Waals surface area contributed by atoms with Gasteiger partial charge in [-0.05, 0) is 30.2 Å². The van der Waals surface area contributed by atoms with E-state index in [9.17, 15) is 13.6 Å². The van der Waals surface area contributed by atoms with Crippen LogP contribution < -0.4 is 4.74 Å². The van der Waals surface area contributed by atoms with Crippen molar-refractivity contribution in [1.29, 1.82) is 0 Å². The van der Waals surface area contributed by atoms with E-state index >= 15 is 0 Å². The largest absolute Gasteiger partial charge is 0.487 e. The number of carbonyl (C=O) groups excluding carboxylic acids is 1. The summed E-state index contributed by atoms with van der Waals surface area (Å²) in [7, 11) is 0. The molecule has 0 aliphatic carbocycles. The summed E-state index contributed by atoms with van der Waals surface area (Å²) in [5.74, 6) is -2.50. The van der Waals surface area contributed by atoms with Crippen molar-refractivity contribution in [3.8, 4) is 5.75 Å². The predicted octanol–water partition coefficient (Wildman–Crippen LogP) is 4.07. The molecule has 0 saturated heterocycles. The molecule has 0 fully saturated rings. The standard InChI is InChI=1S/C18H18F2O2/c1-14(21)11-15-7-9-17(10-8-15)22-13-18(19,20)12-16-5-3-2-4-6-16/h2-10H,11-13H2,1H3. The third kappa shape index (κ3) is 5.28. The van der Waals surface area contributed by atoms with Crippen LogP contribution in [0.1, 0.15) is 18.1 Å². The van der Waals surface area contributed by atoms with Gasteiger partial charge < -0.3 is 4.74 Å². The van der Waals surface area contributed by atoms with Crippen molar-refractivity contribution in [3.63, 3.8) is 0 Å². The van der Waals surface area contributed by atoms with Crippen molar-refractivity contribution < 1.29 is 18.3 Å². The first-order valence-electron chi connectivity index (χ1n) is 7.07. The minimum Gasteiger partial charge on any atom is -0.487 e. The monoisotopic (exact) mass is 304 g/mol. The maximum Gasteiger partial charge on any atom is 0.285 e. The van der Waals surface area contributed by atoms with Gasteiger partial charge in [0.15, 0.2) is 6.61 Å². The van der Waals surface area contributed by atoms with Crippen molar-refractivity contribution in [2.45, 2.75) is 25.7 Å². The number of Topliss-reactive ketones (excluding diaryl/α,β-unsaturated/α-hetero) is 1. The third-order valence-electron chi connectivity index (χ3n) is 3.13. The number of alkyl halides is 2. The molecule has 2 aromatic carbocycles. The highest BCUT2D eigenvalue weighted by Crippen LogP contribution is 2.22. The first kappa shape index (κ1) is 16.1. The Morgan fingerprint density at radius 2 is 1.64 bits per heavy atom. The van der Waals surface area contributed by atoms with Gasteiger partial charge >= 0.3 is 0 Å². The highest BCUT2D eigenvalue weighted by atomic mass is 19.3. The summed E-state index contributed by atoms with van der Waals surface area (Å²) in [6, 6.07) is 15.3. The lowest BCUT2D eigenvalue weighted by atomic mass is 10.1. The lowest BCUT2D eigenvalue weighted by Crippen LogP contribution is -2.28. The van der Waals surface area contributed by atoms with Gasteiger partial charge in [0.05, 0.1) is 0 Å². The van der Waals surface area contributed by atoms with Crippen LogP contribution in [0, 0.1) is 0 Å². The zero-order valence-electron chi connectivity index (χ0n) is 12.4. The van der Waals surface area contributed by atoms with Gasteiger partial charge in [0, 0.05) is 12.8 Å². The summed E-state index contributed by atoms with van der Waals surface area (Å²) in [5, 5.41) is 0. The minimum absolute atomic E-state index is 0.0584. The molecule has 22 heavy (non-hydrogen) atoms. The second kappa shape index (κ2) is 7.16. The van der Waals surface area contributed by atoms with E-state index in [1.54, 1.807) is 54.6 Å². The van der Waals surface area contributed by atoms with Gasteiger partial charge in [-0.2, -0.15) is 0 Å². The van der Waals surface area contributed by atoms with Crippen molar-refractivity contribution in [3.05, 3.63) is 65.7 Å². The fourth-order valence-corrected chi connectivity index (χ4v) is 2.13. The van der Waals surface area contributed by atoms with Crippen LogP contribution in [0.25, 0.3) is 0 Å². The Kier molecular flexibility index (Phi) is 5.26. The molecule has 4 heteroatoms. The van der Waals surface area contributed by atoms with E-state index in [-0.39, 0.29) is 12.2 Å². The first-order chi connectivity index (χ1) is 10.4. The molecule has 0 N–H and O–H groups in total. The van der Waals surface area contributed by atoms with Gasteiger partial charge in [0.2, 0.25) is 0 Å². The second-order valence-corrected chi connectivity index (χ2v) is 5.33. The van der Waals surface area contributed by atoms with Crippen LogP contribution in [0.4, 0.5) is 8.78 Å². The normalized spacial score (nSPS) is 11.2. The maximum atomic E-state index is 13.9. The summed E-state index contributed by atoms with van der Waals surface area (Å²) in [6.45, 7) is 0.836. The van der Waals surface area contributed by atoms with E-state index in [0.29, 0.717) is 17.7 Å². The van der Waals surface area contributed by atoms with Crippen LogP contribution in [-0.4, -0.2) is 18.3 Å². The van der Waals surface area contributed by atoms with E-state index < -0.39 is 12.5 Å². The second-order valence-electron chi connectivity index (χ2n) is 5.33. The Morgan fingerprint density at radius 1 is 1.00 bits per heavy atom. The van der Waals surface area contributed by atoms with Crippen LogP contribution in [-0.2, 0) is 17.6 Å². The molecule has 0 spiro atoms. The number of ether oxygens (including phenoxy) is 1. The summed E-state index contributed by atoms with van der Waals surface area (Å²) >= 11 is 0. The highest BCUT2D eigenvalue weighted by molar-refractivity contribution is 5.78. The molecule has 0 heterocycles. The summed E-state index contributed by atoms with van der Waals surface area (Å²) in [5.41, 5.74) is 1.42. The number of ketones is 1. The minimum atomic E-state index is -2.93. The fraction of sp³-hybridized carbons (Fsp3) is 0.278. The van der Waals surface area contributed by atoms with Crippen LogP contribution >= 0.6 is 0 Å². The molecule has 0 bridgehead atoms. The van der Waals surface area contributed by atoms with Crippen LogP contribution in [0.2, 0.25) is 0 Å². The zero-order chi connectivity index (χ0) is 16.0. The number of hydrogen-bond donors (Lipinski definition) is 0. The van der Waals surface area contributed by atoms with Gasteiger partial charge in [-0.3, -0.25) is 4.79 Å². The zero-order valence-corrected chi connectivity index (χ0v) is 12.4. The van der Waals surface area contributed by atoms with Crippen LogP contribution in [0.5, 0.6) is 5.75 Å². The smallest absolute Gasteiger partial charge is 0.285 e. The molecule has 0 aliphatic rings. The third-order valence-corrected chi connectivity index (χ3v) is 3.13. The Bertz CT molecular complexity index is 607.